The zero-order valence-corrected chi connectivity index (χ0v) is 18.1. The van der Waals surface area contributed by atoms with E-state index in [-0.39, 0.29) is 5.97 Å². The molecule has 0 aromatic carbocycles. The normalized spacial score (nSPS) is 11.3. The van der Waals surface area contributed by atoms with Crippen molar-refractivity contribution in [1.82, 2.24) is 5.32 Å². The van der Waals surface area contributed by atoms with Gasteiger partial charge in [-0.05, 0) is 32.1 Å². The average Bonchev–Trinajstić information content (AvgIpc) is 2.67. The van der Waals surface area contributed by atoms with Crippen LogP contribution in [0.1, 0.15) is 96.8 Å². The van der Waals surface area contributed by atoms with Gasteiger partial charge in [0.25, 0.3) is 0 Å². The number of nitrogens with one attached hydrogen (secondary N) is 1. The molecule has 0 amide bonds. The number of esters is 1. The van der Waals surface area contributed by atoms with Gasteiger partial charge in [-0.3, -0.25) is 4.79 Å². The van der Waals surface area contributed by atoms with Crippen LogP contribution in [-0.4, -0.2) is 39.4 Å². The van der Waals surface area contributed by atoms with Gasteiger partial charge in [0.05, 0.1) is 6.61 Å². The second-order valence-corrected chi connectivity index (χ2v) is 7.30. The first-order valence-electron chi connectivity index (χ1n) is 11.3. The molecule has 4 heteroatoms. The third kappa shape index (κ3) is 23.1. The van der Waals surface area contributed by atoms with E-state index in [9.17, 15) is 4.79 Å². The molecule has 0 heterocycles. The van der Waals surface area contributed by atoms with Crippen LogP contribution in [0.25, 0.3) is 0 Å². The zero-order valence-electron chi connectivity index (χ0n) is 18.1. The molecule has 0 radical (unpaired) electrons. The Balaban J connectivity index is 3.19. The Morgan fingerprint density at radius 2 is 1.33 bits per heavy atom. The molecule has 0 bridgehead atoms. The minimum absolute atomic E-state index is 0.0684. The monoisotopic (exact) mass is 383 g/mol. The van der Waals surface area contributed by atoms with Crippen molar-refractivity contribution >= 4 is 5.97 Å². The molecule has 0 saturated carbocycles. The maximum atomic E-state index is 11.6. The highest BCUT2D eigenvalue weighted by molar-refractivity contribution is 5.69. The Morgan fingerprint density at radius 3 is 1.96 bits per heavy atom. The summed E-state index contributed by atoms with van der Waals surface area (Å²) in [5.74, 6) is -0.0684. The summed E-state index contributed by atoms with van der Waals surface area (Å²) in [4.78, 5) is 11.6. The lowest BCUT2D eigenvalue weighted by molar-refractivity contribution is -0.143. The molecule has 1 N–H and O–H groups in total. The van der Waals surface area contributed by atoms with E-state index in [1.165, 1.54) is 70.6 Å². The number of unbranched alkanes of at least 4 members (excludes halogenated alkanes) is 11. The molecule has 0 rings (SSSR count). The molecule has 0 atom stereocenters. The highest BCUT2D eigenvalue weighted by Gasteiger charge is 2.02. The fourth-order valence-corrected chi connectivity index (χ4v) is 2.95. The molecule has 27 heavy (non-hydrogen) atoms. The first kappa shape index (κ1) is 26.1. The van der Waals surface area contributed by atoms with Crippen molar-refractivity contribution < 1.29 is 14.3 Å². The summed E-state index contributed by atoms with van der Waals surface area (Å²) in [6.07, 6.45) is 21.8. The Hall–Kier alpha value is -0.870. The highest BCUT2D eigenvalue weighted by atomic mass is 16.5. The maximum Gasteiger partial charge on any atom is 0.305 e. The number of ether oxygens (including phenoxy) is 2. The van der Waals surface area contributed by atoms with Crippen molar-refractivity contribution in [2.24, 2.45) is 0 Å². The second-order valence-electron chi connectivity index (χ2n) is 7.30. The molecule has 0 aromatic rings. The molecule has 0 aliphatic carbocycles. The van der Waals surface area contributed by atoms with E-state index in [4.69, 9.17) is 9.47 Å². The summed E-state index contributed by atoms with van der Waals surface area (Å²) in [5.41, 5.74) is 0. The van der Waals surface area contributed by atoms with Crippen molar-refractivity contribution in [1.29, 1.82) is 0 Å². The lowest BCUT2D eigenvalue weighted by atomic mass is 10.1. The summed E-state index contributed by atoms with van der Waals surface area (Å²) in [5, 5.41) is 3.16. The summed E-state index contributed by atoms with van der Waals surface area (Å²) in [7, 11) is 1.68. The molecule has 4 nitrogen and oxygen atoms in total. The van der Waals surface area contributed by atoms with Crippen molar-refractivity contribution in [3.8, 4) is 0 Å². The third-order valence-corrected chi connectivity index (χ3v) is 4.67. The van der Waals surface area contributed by atoms with Crippen LogP contribution in [0.4, 0.5) is 0 Å². The van der Waals surface area contributed by atoms with Gasteiger partial charge in [0.15, 0.2) is 0 Å². The molecule has 0 aliphatic rings. The highest BCUT2D eigenvalue weighted by Crippen LogP contribution is 2.10. The molecule has 0 unspecified atom stereocenters. The molecule has 0 saturated heterocycles. The minimum atomic E-state index is -0.0684. The van der Waals surface area contributed by atoms with Crippen molar-refractivity contribution in [3.05, 3.63) is 12.2 Å². The molecular formula is C23H45NO3. The Kier molecular flexibility index (Phi) is 22.4. The summed E-state index contributed by atoms with van der Waals surface area (Å²) in [6, 6.07) is 0. The van der Waals surface area contributed by atoms with E-state index >= 15 is 0 Å². The van der Waals surface area contributed by atoms with E-state index < -0.39 is 0 Å². The standard InChI is InChI=1S/C23H45NO3/c1-3-4-5-6-7-8-9-10-11-12-13-14-15-16-17-18-23(25)27-22-20-24-19-21-26-2/h10-11,24H,3-9,12-22H2,1-2H3/b11-10-. The lowest BCUT2D eigenvalue weighted by Crippen LogP contribution is -2.24. The van der Waals surface area contributed by atoms with Gasteiger partial charge in [-0.15, -0.1) is 0 Å². The predicted molar refractivity (Wildman–Crippen MR) is 115 cm³/mol. The van der Waals surface area contributed by atoms with Gasteiger partial charge in [-0.2, -0.15) is 0 Å². The molecule has 160 valence electrons. The molecular weight excluding hydrogens is 338 g/mol. The molecule has 0 aromatic heterocycles. The fraction of sp³-hybridized carbons (Fsp3) is 0.870. The fourth-order valence-electron chi connectivity index (χ4n) is 2.95. The second kappa shape index (κ2) is 23.2. The Labute approximate surface area is 168 Å². The summed E-state index contributed by atoms with van der Waals surface area (Å²) < 4.78 is 10.1. The van der Waals surface area contributed by atoms with E-state index in [1.807, 2.05) is 0 Å². The smallest absolute Gasteiger partial charge is 0.305 e. The van der Waals surface area contributed by atoms with Crippen LogP contribution in [0.3, 0.4) is 0 Å². The number of rotatable bonds is 21. The van der Waals surface area contributed by atoms with Gasteiger partial charge < -0.3 is 14.8 Å². The zero-order chi connectivity index (χ0) is 19.8. The third-order valence-electron chi connectivity index (χ3n) is 4.67. The van der Waals surface area contributed by atoms with Gasteiger partial charge in [0, 0.05) is 26.6 Å². The molecule has 0 spiro atoms. The summed E-state index contributed by atoms with van der Waals surface area (Å²) >= 11 is 0. The van der Waals surface area contributed by atoms with Crippen LogP contribution >= 0.6 is 0 Å². The van der Waals surface area contributed by atoms with Crippen molar-refractivity contribution in [3.63, 3.8) is 0 Å². The van der Waals surface area contributed by atoms with Gasteiger partial charge >= 0.3 is 5.97 Å². The van der Waals surface area contributed by atoms with Gasteiger partial charge in [-0.25, -0.2) is 0 Å². The maximum absolute atomic E-state index is 11.6. The predicted octanol–water partition coefficient (Wildman–Crippen LogP) is 5.80. The number of carbonyl (C=O) groups excluding carboxylic acids is 1. The molecule has 0 fully saturated rings. The van der Waals surface area contributed by atoms with Crippen LogP contribution in [0.15, 0.2) is 12.2 Å². The van der Waals surface area contributed by atoms with Gasteiger partial charge in [-0.1, -0.05) is 70.4 Å². The topological polar surface area (TPSA) is 47.6 Å². The number of hydrogen-bond donors (Lipinski definition) is 1. The van der Waals surface area contributed by atoms with Gasteiger partial charge in [0.1, 0.15) is 6.61 Å². The Morgan fingerprint density at radius 1 is 0.778 bits per heavy atom. The number of hydrogen-bond acceptors (Lipinski definition) is 4. The number of carbonyl (C=O) groups is 1. The SMILES string of the molecule is CCCCCCCC/C=C\CCCCCCCC(=O)OCCNCCOC. The van der Waals surface area contributed by atoms with E-state index in [1.54, 1.807) is 7.11 Å². The van der Waals surface area contributed by atoms with Crippen LogP contribution in [0.5, 0.6) is 0 Å². The van der Waals surface area contributed by atoms with Crippen LogP contribution in [0, 0.1) is 0 Å². The van der Waals surface area contributed by atoms with E-state index in [0.29, 0.717) is 26.2 Å². The lowest BCUT2D eigenvalue weighted by Gasteiger charge is -2.06. The van der Waals surface area contributed by atoms with Crippen molar-refractivity contribution in [2.75, 3.05) is 33.4 Å². The molecule has 0 aliphatic heterocycles. The Bertz CT molecular complexity index is 332. The van der Waals surface area contributed by atoms with Crippen molar-refractivity contribution in [2.45, 2.75) is 96.8 Å². The number of allylic oxidation sites excluding steroid dienone is 2. The number of methoxy groups -OCH3 is 1. The largest absolute Gasteiger partial charge is 0.464 e. The first-order valence-corrected chi connectivity index (χ1v) is 11.3. The first-order chi connectivity index (χ1) is 13.3. The van der Waals surface area contributed by atoms with E-state index in [0.717, 1.165) is 19.4 Å². The minimum Gasteiger partial charge on any atom is -0.464 e. The summed E-state index contributed by atoms with van der Waals surface area (Å²) in [6.45, 7) is 4.89. The van der Waals surface area contributed by atoms with Crippen LogP contribution < -0.4 is 5.32 Å². The van der Waals surface area contributed by atoms with Gasteiger partial charge in [0.2, 0.25) is 0 Å². The quantitative estimate of drug-likeness (QED) is 0.154. The van der Waals surface area contributed by atoms with Crippen LogP contribution in [0.2, 0.25) is 0 Å². The average molecular weight is 384 g/mol. The van der Waals surface area contributed by atoms with E-state index in [2.05, 4.69) is 24.4 Å². The van der Waals surface area contributed by atoms with Crippen LogP contribution in [-0.2, 0) is 14.3 Å².